The van der Waals surface area contributed by atoms with E-state index in [2.05, 4.69) is 5.32 Å². The van der Waals surface area contributed by atoms with Crippen LogP contribution in [0.5, 0.6) is 0 Å². The van der Waals surface area contributed by atoms with Crippen LogP contribution in [0.3, 0.4) is 0 Å². The molecule has 2 rings (SSSR count). The van der Waals surface area contributed by atoms with Gasteiger partial charge in [-0.25, -0.2) is 0 Å². The van der Waals surface area contributed by atoms with E-state index in [4.69, 9.17) is 9.15 Å². The quantitative estimate of drug-likeness (QED) is 0.911. The van der Waals surface area contributed by atoms with Crippen LogP contribution in [0.1, 0.15) is 18.7 Å². The van der Waals surface area contributed by atoms with Gasteiger partial charge < -0.3 is 14.5 Å². The predicted molar refractivity (Wildman–Crippen MR) is 69.5 cm³/mol. The fraction of sp³-hybridized carbons (Fsp3) is 0.429. The van der Waals surface area contributed by atoms with Crippen molar-refractivity contribution >= 4 is 11.0 Å². The topological polar surface area (TPSA) is 34.4 Å². The van der Waals surface area contributed by atoms with Gasteiger partial charge >= 0.3 is 6.18 Å². The SMILES string of the molecule is CNC(COC(C)C(F)(F)F)c1cc2ccccc2o1. The van der Waals surface area contributed by atoms with Gasteiger partial charge in [0.15, 0.2) is 6.10 Å². The Balaban J connectivity index is 2.08. The van der Waals surface area contributed by atoms with Crippen molar-refractivity contribution in [2.75, 3.05) is 13.7 Å². The molecule has 0 aliphatic heterocycles. The Morgan fingerprint density at radius 1 is 1.30 bits per heavy atom. The Labute approximate surface area is 114 Å². The van der Waals surface area contributed by atoms with Crippen molar-refractivity contribution in [3.63, 3.8) is 0 Å². The number of fused-ring (bicyclic) bond motifs is 1. The molecule has 1 aromatic heterocycles. The third kappa shape index (κ3) is 3.32. The summed E-state index contributed by atoms with van der Waals surface area (Å²) in [7, 11) is 1.65. The molecular formula is C14H16F3NO2. The molecule has 0 saturated heterocycles. The average Bonchev–Trinajstić information content (AvgIpc) is 2.81. The van der Waals surface area contributed by atoms with E-state index >= 15 is 0 Å². The maximum atomic E-state index is 12.4. The maximum Gasteiger partial charge on any atom is 0.414 e. The van der Waals surface area contributed by atoms with Gasteiger partial charge in [0.25, 0.3) is 0 Å². The van der Waals surface area contributed by atoms with Crippen LogP contribution in [0.25, 0.3) is 11.0 Å². The van der Waals surface area contributed by atoms with Crippen LogP contribution in [-0.2, 0) is 4.74 Å². The first-order valence-electron chi connectivity index (χ1n) is 6.26. The molecule has 0 amide bonds. The van der Waals surface area contributed by atoms with Crippen molar-refractivity contribution in [2.24, 2.45) is 0 Å². The first-order valence-corrected chi connectivity index (χ1v) is 6.26. The van der Waals surface area contributed by atoms with Crippen molar-refractivity contribution in [2.45, 2.75) is 25.2 Å². The van der Waals surface area contributed by atoms with Gasteiger partial charge in [0, 0.05) is 5.39 Å². The number of alkyl halides is 3. The molecule has 110 valence electrons. The fourth-order valence-electron chi connectivity index (χ4n) is 1.82. The van der Waals surface area contributed by atoms with Crippen molar-refractivity contribution in [3.05, 3.63) is 36.1 Å². The summed E-state index contributed by atoms with van der Waals surface area (Å²) in [6.07, 6.45) is -6.16. The molecule has 2 atom stereocenters. The lowest BCUT2D eigenvalue weighted by Crippen LogP contribution is -2.32. The van der Waals surface area contributed by atoms with Crippen LogP contribution in [0.15, 0.2) is 34.7 Å². The highest BCUT2D eigenvalue weighted by molar-refractivity contribution is 5.77. The normalized spacial score (nSPS) is 15.4. The second-order valence-electron chi connectivity index (χ2n) is 4.55. The van der Waals surface area contributed by atoms with E-state index in [1.807, 2.05) is 24.3 Å². The molecule has 1 heterocycles. The van der Waals surface area contributed by atoms with E-state index in [1.54, 1.807) is 13.1 Å². The number of nitrogens with one attached hydrogen (secondary N) is 1. The predicted octanol–water partition coefficient (Wildman–Crippen LogP) is 3.66. The molecule has 6 heteroatoms. The van der Waals surface area contributed by atoms with Crippen molar-refractivity contribution in [3.8, 4) is 0 Å². The largest absolute Gasteiger partial charge is 0.459 e. The minimum absolute atomic E-state index is 0.114. The summed E-state index contributed by atoms with van der Waals surface area (Å²) in [5, 5.41) is 3.81. The summed E-state index contributed by atoms with van der Waals surface area (Å²) in [4.78, 5) is 0. The minimum Gasteiger partial charge on any atom is -0.459 e. The number of benzene rings is 1. The molecule has 0 bridgehead atoms. The van der Waals surface area contributed by atoms with Gasteiger partial charge in [-0.3, -0.25) is 0 Å². The molecule has 0 aliphatic carbocycles. The molecule has 0 radical (unpaired) electrons. The fourth-order valence-corrected chi connectivity index (χ4v) is 1.82. The Morgan fingerprint density at radius 2 is 2.00 bits per heavy atom. The Bertz CT molecular complexity index is 532. The average molecular weight is 287 g/mol. The van der Waals surface area contributed by atoms with Crippen LogP contribution in [0.4, 0.5) is 13.2 Å². The lowest BCUT2D eigenvalue weighted by atomic mass is 10.2. The summed E-state index contributed by atoms with van der Waals surface area (Å²) >= 11 is 0. The molecule has 3 nitrogen and oxygen atoms in total. The van der Waals surface area contributed by atoms with Gasteiger partial charge in [-0.05, 0) is 26.1 Å². The number of likely N-dealkylation sites (N-methyl/N-ethyl adjacent to an activating group) is 1. The molecule has 0 aliphatic rings. The Hall–Kier alpha value is -1.53. The maximum absolute atomic E-state index is 12.4. The highest BCUT2D eigenvalue weighted by atomic mass is 19.4. The van der Waals surface area contributed by atoms with Crippen molar-refractivity contribution in [1.29, 1.82) is 0 Å². The van der Waals surface area contributed by atoms with Gasteiger partial charge in [0.2, 0.25) is 0 Å². The summed E-state index contributed by atoms with van der Waals surface area (Å²) in [5.41, 5.74) is 0.701. The highest BCUT2D eigenvalue weighted by Crippen LogP contribution is 2.26. The number of hydrogen-bond acceptors (Lipinski definition) is 3. The molecule has 1 aromatic carbocycles. The molecule has 1 N–H and O–H groups in total. The number of rotatable bonds is 5. The Kier molecular flexibility index (Phi) is 4.35. The van der Waals surface area contributed by atoms with Crippen LogP contribution in [0, 0.1) is 0 Å². The molecule has 20 heavy (non-hydrogen) atoms. The van der Waals surface area contributed by atoms with Gasteiger partial charge in [-0.15, -0.1) is 0 Å². The second-order valence-corrected chi connectivity index (χ2v) is 4.55. The van der Waals surface area contributed by atoms with Crippen LogP contribution in [0.2, 0.25) is 0 Å². The van der Waals surface area contributed by atoms with Crippen LogP contribution < -0.4 is 5.32 Å². The van der Waals surface area contributed by atoms with Gasteiger partial charge in [0.1, 0.15) is 11.3 Å². The summed E-state index contributed by atoms with van der Waals surface area (Å²) in [5.74, 6) is 0.558. The first-order chi connectivity index (χ1) is 9.41. The number of hydrogen-bond donors (Lipinski definition) is 1. The lowest BCUT2D eigenvalue weighted by molar-refractivity contribution is -0.215. The number of furan rings is 1. The smallest absolute Gasteiger partial charge is 0.414 e. The third-order valence-corrected chi connectivity index (χ3v) is 3.11. The number of para-hydroxylation sites is 1. The number of ether oxygens (including phenoxy) is 1. The van der Waals surface area contributed by atoms with E-state index in [0.29, 0.717) is 11.3 Å². The van der Waals surface area contributed by atoms with Crippen molar-refractivity contribution in [1.82, 2.24) is 5.32 Å². The molecule has 0 fully saturated rings. The van der Waals surface area contributed by atoms with Gasteiger partial charge in [-0.2, -0.15) is 13.2 Å². The zero-order valence-corrected chi connectivity index (χ0v) is 11.2. The third-order valence-electron chi connectivity index (χ3n) is 3.11. The highest BCUT2D eigenvalue weighted by Gasteiger charge is 2.37. The van der Waals surface area contributed by atoms with Crippen LogP contribution in [-0.4, -0.2) is 25.9 Å². The van der Waals surface area contributed by atoms with Gasteiger partial charge in [-0.1, -0.05) is 18.2 Å². The molecular weight excluding hydrogens is 271 g/mol. The summed E-state index contributed by atoms with van der Waals surface area (Å²) in [6.45, 7) is 0.877. The number of halogens is 3. The zero-order chi connectivity index (χ0) is 14.8. The zero-order valence-electron chi connectivity index (χ0n) is 11.2. The van der Waals surface area contributed by atoms with E-state index in [0.717, 1.165) is 12.3 Å². The standard InChI is InChI=1S/C14H16F3NO2/c1-9(14(15,16)17)19-8-11(18-2)13-7-10-5-3-4-6-12(10)20-13/h3-7,9,11,18H,8H2,1-2H3. The first kappa shape index (κ1) is 14.9. The molecule has 0 saturated carbocycles. The second kappa shape index (κ2) is 5.85. The van der Waals surface area contributed by atoms with E-state index < -0.39 is 18.3 Å². The van der Waals surface area contributed by atoms with E-state index in [1.165, 1.54) is 0 Å². The monoisotopic (exact) mass is 287 g/mol. The molecule has 0 spiro atoms. The van der Waals surface area contributed by atoms with Crippen molar-refractivity contribution < 1.29 is 22.3 Å². The molecule has 2 aromatic rings. The Morgan fingerprint density at radius 3 is 2.60 bits per heavy atom. The lowest BCUT2D eigenvalue weighted by Gasteiger charge is -2.20. The summed E-state index contributed by atoms with van der Waals surface area (Å²) < 4.78 is 47.7. The summed E-state index contributed by atoms with van der Waals surface area (Å²) in [6, 6.07) is 8.79. The minimum atomic E-state index is -4.35. The van der Waals surface area contributed by atoms with E-state index in [9.17, 15) is 13.2 Å². The van der Waals surface area contributed by atoms with Gasteiger partial charge in [0.05, 0.1) is 12.6 Å². The van der Waals surface area contributed by atoms with E-state index in [-0.39, 0.29) is 6.61 Å². The van der Waals surface area contributed by atoms with Crippen LogP contribution >= 0.6 is 0 Å². The molecule has 2 unspecified atom stereocenters.